The molecule has 1 N–H and O–H groups in total. The van der Waals surface area contributed by atoms with Crippen LogP contribution in [0.1, 0.15) is 5.56 Å². The lowest BCUT2D eigenvalue weighted by molar-refractivity contribution is -0.113. The number of amides is 1. The number of fused-ring (bicyclic) bond motifs is 1. The maximum absolute atomic E-state index is 12.0. The van der Waals surface area contributed by atoms with Gasteiger partial charge in [0.25, 0.3) is 0 Å². The number of thioether (sulfide) groups is 1. The van der Waals surface area contributed by atoms with Gasteiger partial charge >= 0.3 is 0 Å². The molecule has 23 heavy (non-hydrogen) atoms. The van der Waals surface area contributed by atoms with E-state index in [1.54, 1.807) is 23.9 Å². The number of para-hydroxylation sites is 1. The fourth-order valence-electron chi connectivity index (χ4n) is 2.42. The Balaban J connectivity index is 1.58. The van der Waals surface area contributed by atoms with Gasteiger partial charge in [0.2, 0.25) is 5.91 Å². The van der Waals surface area contributed by atoms with Crippen molar-refractivity contribution in [3.63, 3.8) is 0 Å². The highest BCUT2D eigenvalue weighted by Gasteiger charge is 2.06. The van der Waals surface area contributed by atoms with E-state index in [-0.39, 0.29) is 5.91 Å². The number of carbonyl (C=O) groups is 1. The smallest absolute Gasteiger partial charge is 0.234 e. The second kappa shape index (κ2) is 7.53. The van der Waals surface area contributed by atoms with Gasteiger partial charge < -0.3 is 5.32 Å². The van der Waals surface area contributed by atoms with Crippen molar-refractivity contribution in [1.82, 2.24) is 0 Å². The van der Waals surface area contributed by atoms with Gasteiger partial charge in [-0.2, -0.15) is 0 Å². The van der Waals surface area contributed by atoms with Crippen LogP contribution in [-0.4, -0.2) is 11.7 Å². The van der Waals surface area contributed by atoms with E-state index in [0.717, 1.165) is 5.75 Å². The Hall–Kier alpha value is -1.97. The number of carbonyl (C=O) groups excluding carboxylic acids is 1. The summed E-state index contributed by atoms with van der Waals surface area (Å²) < 4.78 is 0. The molecule has 0 unspecified atom stereocenters. The van der Waals surface area contributed by atoms with E-state index in [0.29, 0.717) is 16.5 Å². The highest BCUT2D eigenvalue weighted by atomic mass is 35.5. The van der Waals surface area contributed by atoms with Crippen molar-refractivity contribution < 1.29 is 4.79 Å². The number of anilines is 1. The molecule has 0 radical (unpaired) electrons. The fourth-order valence-corrected chi connectivity index (χ4v) is 3.44. The molecule has 0 fully saturated rings. The quantitative estimate of drug-likeness (QED) is 0.676. The first-order valence-corrected chi connectivity index (χ1v) is 8.86. The number of nitrogens with one attached hydrogen (secondary N) is 1. The molecular formula is C19H16ClNOS. The molecular weight excluding hydrogens is 326 g/mol. The van der Waals surface area contributed by atoms with Crippen LogP contribution in [0.2, 0.25) is 5.02 Å². The van der Waals surface area contributed by atoms with Crippen LogP contribution in [0.5, 0.6) is 0 Å². The first-order chi connectivity index (χ1) is 11.2. The maximum atomic E-state index is 12.0. The highest BCUT2D eigenvalue weighted by molar-refractivity contribution is 7.99. The van der Waals surface area contributed by atoms with E-state index in [9.17, 15) is 4.79 Å². The number of hydrogen-bond donors (Lipinski definition) is 1. The molecule has 0 heterocycles. The molecule has 3 aromatic rings. The summed E-state index contributed by atoms with van der Waals surface area (Å²) in [7, 11) is 0. The minimum Gasteiger partial charge on any atom is -0.324 e. The molecule has 0 aromatic heterocycles. The normalized spacial score (nSPS) is 10.7. The third-order valence-corrected chi connectivity index (χ3v) is 4.83. The molecule has 116 valence electrons. The minimum atomic E-state index is -0.0386. The second-order valence-electron chi connectivity index (χ2n) is 5.16. The van der Waals surface area contributed by atoms with Crippen LogP contribution in [0.3, 0.4) is 0 Å². The van der Waals surface area contributed by atoms with Gasteiger partial charge in [-0.25, -0.2) is 0 Å². The molecule has 0 bridgehead atoms. The third-order valence-electron chi connectivity index (χ3n) is 3.52. The van der Waals surface area contributed by atoms with Gasteiger partial charge in [0, 0.05) is 5.75 Å². The van der Waals surface area contributed by atoms with Crippen LogP contribution in [0.4, 0.5) is 5.69 Å². The summed E-state index contributed by atoms with van der Waals surface area (Å²) in [6.45, 7) is 0. The average molecular weight is 342 g/mol. The maximum Gasteiger partial charge on any atom is 0.234 e. The zero-order chi connectivity index (χ0) is 16.1. The van der Waals surface area contributed by atoms with Crippen LogP contribution in [-0.2, 0) is 10.5 Å². The van der Waals surface area contributed by atoms with Crippen molar-refractivity contribution >= 4 is 45.7 Å². The minimum absolute atomic E-state index is 0.0386. The summed E-state index contributed by atoms with van der Waals surface area (Å²) in [5.74, 6) is 1.16. The van der Waals surface area contributed by atoms with Gasteiger partial charge in [0.05, 0.1) is 16.5 Å². The second-order valence-corrected chi connectivity index (χ2v) is 6.55. The van der Waals surface area contributed by atoms with Crippen molar-refractivity contribution in [2.24, 2.45) is 0 Å². The van der Waals surface area contributed by atoms with Gasteiger partial charge in [-0.15, -0.1) is 11.8 Å². The van der Waals surface area contributed by atoms with Crippen molar-refractivity contribution in [3.8, 4) is 0 Å². The van der Waals surface area contributed by atoms with Crippen LogP contribution in [0.15, 0.2) is 66.7 Å². The molecule has 0 saturated heterocycles. The van der Waals surface area contributed by atoms with E-state index >= 15 is 0 Å². The van der Waals surface area contributed by atoms with Gasteiger partial charge in [0.1, 0.15) is 0 Å². The van der Waals surface area contributed by atoms with Crippen molar-refractivity contribution in [2.75, 3.05) is 11.1 Å². The number of hydrogen-bond acceptors (Lipinski definition) is 2. The standard InChI is InChI=1S/C19H16ClNOS/c20-17-10-3-4-11-18(17)21-19(22)13-23-12-15-8-5-7-14-6-1-2-9-16(14)15/h1-11H,12-13H2,(H,21,22). The fraction of sp³-hybridized carbons (Fsp3) is 0.105. The molecule has 1 amide bonds. The highest BCUT2D eigenvalue weighted by Crippen LogP contribution is 2.24. The van der Waals surface area contributed by atoms with E-state index in [2.05, 4.69) is 35.6 Å². The average Bonchev–Trinajstić information content (AvgIpc) is 2.57. The van der Waals surface area contributed by atoms with Crippen LogP contribution >= 0.6 is 23.4 Å². The van der Waals surface area contributed by atoms with E-state index in [1.165, 1.54) is 16.3 Å². The Kier molecular flexibility index (Phi) is 5.21. The molecule has 0 aliphatic rings. The Labute approximate surface area is 144 Å². The first-order valence-electron chi connectivity index (χ1n) is 7.33. The third kappa shape index (κ3) is 4.06. The molecule has 0 spiro atoms. The predicted octanol–water partition coefficient (Wildman–Crippen LogP) is 5.37. The van der Waals surface area contributed by atoms with Gasteiger partial charge in [0.15, 0.2) is 0 Å². The van der Waals surface area contributed by atoms with Crippen molar-refractivity contribution in [1.29, 1.82) is 0 Å². The lowest BCUT2D eigenvalue weighted by Crippen LogP contribution is -2.14. The summed E-state index contributed by atoms with van der Waals surface area (Å²) >= 11 is 7.64. The van der Waals surface area contributed by atoms with Gasteiger partial charge in [-0.05, 0) is 28.5 Å². The Bertz CT molecular complexity index is 829. The summed E-state index contributed by atoms with van der Waals surface area (Å²) in [5, 5.41) is 5.87. The van der Waals surface area contributed by atoms with Gasteiger partial charge in [-0.1, -0.05) is 66.2 Å². The summed E-state index contributed by atoms with van der Waals surface area (Å²) in [5.41, 5.74) is 1.91. The SMILES string of the molecule is O=C(CSCc1cccc2ccccc12)Nc1ccccc1Cl. The lowest BCUT2D eigenvalue weighted by atomic mass is 10.1. The van der Waals surface area contributed by atoms with Crippen molar-refractivity contribution in [2.45, 2.75) is 5.75 Å². The zero-order valence-corrected chi connectivity index (χ0v) is 14.0. The van der Waals surface area contributed by atoms with Crippen LogP contribution < -0.4 is 5.32 Å². The molecule has 2 nitrogen and oxygen atoms in total. The van der Waals surface area contributed by atoms with E-state index in [4.69, 9.17) is 11.6 Å². The predicted molar refractivity (Wildman–Crippen MR) is 100 cm³/mol. The number of rotatable bonds is 5. The Morgan fingerprint density at radius 2 is 1.70 bits per heavy atom. The Morgan fingerprint density at radius 3 is 2.57 bits per heavy atom. The topological polar surface area (TPSA) is 29.1 Å². The molecule has 3 rings (SSSR count). The number of halogens is 1. The lowest BCUT2D eigenvalue weighted by Gasteiger charge is -2.08. The van der Waals surface area contributed by atoms with Crippen LogP contribution in [0.25, 0.3) is 10.8 Å². The monoisotopic (exact) mass is 341 g/mol. The zero-order valence-electron chi connectivity index (χ0n) is 12.5. The molecule has 3 aromatic carbocycles. The Morgan fingerprint density at radius 1 is 0.957 bits per heavy atom. The van der Waals surface area contributed by atoms with Gasteiger partial charge in [-0.3, -0.25) is 4.79 Å². The summed E-state index contributed by atoms with van der Waals surface area (Å²) in [6.07, 6.45) is 0. The summed E-state index contributed by atoms with van der Waals surface area (Å²) in [4.78, 5) is 12.0. The molecule has 0 aliphatic heterocycles. The molecule has 0 aliphatic carbocycles. The summed E-state index contributed by atoms with van der Waals surface area (Å²) in [6, 6.07) is 21.8. The molecule has 0 atom stereocenters. The van der Waals surface area contributed by atoms with Crippen LogP contribution in [0, 0.1) is 0 Å². The largest absolute Gasteiger partial charge is 0.324 e. The molecule has 4 heteroatoms. The van der Waals surface area contributed by atoms with Crippen molar-refractivity contribution in [3.05, 3.63) is 77.3 Å². The number of benzene rings is 3. The molecule has 0 saturated carbocycles. The first kappa shape index (κ1) is 15.9. The van der Waals surface area contributed by atoms with E-state index < -0.39 is 0 Å². The van der Waals surface area contributed by atoms with E-state index in [1.807, 2.05) is 24.3 Å².